The summed E-state index contributed by atoms with van der Waals surface area (Å²) >= 11 is 0. The highest BCUT2D eigenvalue weighted by Crippen LogP contribution is 2.26. The van der Waals surface area contributed by atoms with E-state index in [9.17, 15) is 4.79 Å². The van der Waals surface area contributed by atoms with E-state index in [4.69, 9.17) is 4.74 Å². The topological polar surface area (TPSA) is 44.8 Å². The Labute approximate surface area is 174 Å². The lowest BCUT2D eigenvalue weighted by molar-refractivity contribution is -0.117. The minimum atomic E-state index is 0.0735. The van der Waals surface area contributed by atoms with E-state index in [0.29, 0.717) is 12.5 Å². The minimum absolute atomic E-state index is 0.0735. The van der Waals surface area contributed by atoms with Gasteiger partial charge in [-0.05, 0) is 41.7 Å². The first-order valence-corrected chi connectivity index (χ1v) is 10.6. The van der Waals surface area contributed by atoms with E-state index in [1.165, 1.54) is 11.1 Å². The fourth-order valence-corrected chi connectivity index (χ4v) is 3.75. The number of methoxy groups -OCH3 is 1. The van der Waals surface area contributed by atoms with E-state index in [1.54, 1.807) is 7.11 Å². The third-order valence-electron chi connectivity index (χ3n) is 5.78. The molecule has 2 aromatic rings. The Kier molecular flexibility index (Phi) is 7.67. The van der Waals surface area contributed by atoms with Crippen molar-refractivity contribution in [2.45, 2.75) is 32.7 Å². The summed E-state index contributed by atoms with van der Waals surface area (Å²) in [6, 6.07) is 16.4. The van der Waals surface area contributed by atoms with Gasteiger partial charge in [0.2, 0.25) is 5.91 Å². The molecule has 1 aliphatic heterocycles. The number of ether oxygens (including phenoxy) is 1. The number of rotatable bonds is 8. The van der Waals surface area contributed by atoms with Crippen LogP contribution >= 0.6 is 0 Å². The predicted octanol–water partition coefficient (Wildman–Crippen LogP) is 3.97. The normalized spacial score (nSPS) is 16.4. The molecule has 29 heavy (non-hydrogen) atoms. The Balaban J connectivity index is 1.46. The summed E-state index contributed by atoms with van der Waals surface area (Å²) in [5, 5.41) is 3.13. The quantitative estimate of drug-likeness (QED) is 0.735. The molecular weight excluding hydrogens is 362 g/mol. The summed E-state index contributed by atoms with van der Waals surface area (Å²) in [6.07, 6.45) is 1.06. The molecule has 0 spiro atoms. The molecule has 1 amide bonds. The molecule has 1 N–H and O–H groups in total. The summed E-state index contributed by atoms with van der Waals surface area (Å²) < 4.78 is 5.22. The molecule has 1 fully saturated rings. The number of hydrogen-bond donors (Lipinski definition) is 1. The molecule has 0 radical (unpaired) electrons. The monoisotopic (exact) mass is 395 g/mol. The van der Waals surface area contributed by atoms with Crippen molar-refractivity contribution < 1.29 is 9.53 Å². The Hall–Kier alpha value is -2.37. The van der Waals surface area contributed by atoms with Crippen LogP contribution in [0.15, 0.2) is 48.5 Å². The minimum Gasteiger partial charge on any atom is -0.497 e. The lowest BCUT2D eigenvalue weighted by Gasteiger charge is -2.34. The zero-order valence-electron chi connectivity index (χ0n) is 17.9. The molecule has 0 aliphatic carbocycles. The average molecular weight is 396 g/mol. The first-order valence-electron chi connectivity index (χ1n) is 10.6. The Morgan fingerprint density at radius 3 is 2.34 bits per heavy atom. The van der Waals surface area contributed by atoms with Crippen molar-refractivity contribution in [2.75, 3.05) is 45.2 Å². The number of benzene rings is 2. The van der Waals surface area contributed by atoms with Crippen molar-refractivity contribution in [2.24, 2.45) is 0 Å². The van der Waals surface area contributed by atoms with E-state index in [2.05, 4.69) is 47.2 Å². The van der Waals surface area contributed by atoms with Gasteiger partial charge in [-0.2, -0.15) is 0 Å². The van der Waals surface area contributed by atoms with E-state index in [1.807, 2.05) is 30.3 Å². The SMILES string of the molecule is CC[C@H](C)c1ccccc1NC(=O)CN1CCN(Cc2ccc(OC)cc2)CC1. The van der Waals surface area contributed by atoms with Crippen LogP contribution in [0.2, 0.25) is 0 Å². The molecule has 1 saturated heterocycles. The van der Waals surface area contributed by atoms with Crippen LogP contribution < -0.4 is 10.1 Å². The van der Waals surface area contributed by atoms with Crippen LogP contribution in [0, 0.1) is 0 Å². The van der Waals surface area contributed by atoms with Gasteiger partial charge in [0.1, 0.15) is 5.75 Å². The van der Waals surface area contributed by atoms with Gasteiger partial charge < -0.3 is 10.1 Å². The summed E-state index contributed by atoms with van der Waals surface area (Å²) in [4.78, 5) is 17.3. The molecule has 1 heterocycles. The van der Waals surface area contributed by atoms with Gasteiger partial charge in [-0.15, -0.1) is 0 Å². The van der Waals surface area contributed by atoms with E-state index in [0.717, 1.165) is 50.6 Å². The van der Waals surface area contributed by atoms with Crippen LogP contribution in [0.4, 0.5) is 5.69 Å². The second-order valence-electron chi connectivity index (χ2n) is 7.85. The van der Waals surface area contributed by atoms with Gasteiger partial charge >= 0.3 is 0 Å². The molecule has 1 atom stereocenters. The number of carbonyl (C=O) groups excluding carboxylic acids is 1. The second-order valence-corrected chi connectivity index (χ2v) is 7.85. The van der Waals surface area contributed by atoms with Gasteiger partial charge in [0, 0.05) is 38.4 Å². The van der Waals surface area contributed by atoms with Crippen LogP contribution in [0.25, 0.3) is 0 Å². The summed E-state index contributed by atoms with van der Waals surface area (Å²) in [7, 11) is 1.69. The number of nitrogens with zero attached hydrogens (tertiary/aromatic N) is 2. The fraction of sp³-hybridized carbons (Fsp3) is 0.458. The highest BCUT2D eigenvalue weighted by Gasteiger charge is 2.20. The first-order chi connectivity index (χ1) is 14.1. The van der Waals surface area contributed by atoms with E-state index >= 15 is 0 Å². The average Bonchev–Trinajstić information content (AvgIpc) is 2.75. The van der Waals surface area contributed by atoms with Gasteiger partial charge in [0.15, 0.2) is 0 Å². The molecule has 3 rings (SSSR count). The maximum Gasteiger partial charge on any atom is 0.238 e. The Morgan fingerprint density at radius 1 is 1.03 bits per heavy atom. The molecule has 5 heteroatoms. The standard InChI is InChI=1S/C24H33N3O2/c1-4-19(2)22-7-5-6-8-23(22)25-24(28)18-27-15-13-26(14-16-27)17-20-9-11-21(29-3)12-10-20/h5-12,19H,4,13-18H2,1-3H3,(H,25,28)/t19-/m0/s1. The van der Waals surface area contributed by atoms with Crippen LogP contribution in [0.5, 0.6) is 5.75 Å². The number of hydrogen-bond acceptors (Lipinski definition) is 4. The van der Waals surface area contributed by atoms with Gasteiger partial charge in [0.25, 0.3) is 0 Å². The molecule has 0 unspecified atom stereocenters. The Morgan fingerprint density at radius 2 is 1.69 bits per heavy atom. The highest BCUT2D eigenvalue weighted by atomic mass is 16.5. The number of piperazine rings is 1. The maximum atomic E-state index is 12.6. The molecular formula is C24H33N3O2. The molecule has 0 aromatic heterocycles. The molecule has 5 nitrogen and oxygen atoms in total. The second kappa shape index (κ2) is 10.4. The number of carbonyl (C=O) groups is 1. The lowest BCUT2D eigenvalue weighted by atomic mass is 9.97. The number of amides is 1. The predicted molar refractivity (Wildman–Crippen MR) is 118 cm³/mol. The van der Waals surface area contributed by atoms with Crippen molar-refractivity contribution in [3.8, 4) is 5.75 Å². The van der Waals surface area contributed by atoms with Crippen molar-refractivity contribution in [1.82, 2.24) is 9.80 Å². The molecule has 0 saturated carbocycles. The van der Waals surface area contributed by atoms with Crippen LogP contribution in [0.3, 0.4) is 0 Å². The lowest BCUT2D eigenvalue weighted by Crippen LogP contribution is -2.48. The molecule has 0 bridgehead atoms. The van der Waals surface area contributed by atoms with Crippen molar-refractivity contribution in [3.63, 3.8) is 0 Å². The molecule has 156 valence electrons. The summed E-state index contributed by atoms with van der Waals surface area (Å²) in [5.41, 5.74) is 3.45. The van der Waals surface area contributed by atoms with Crippen molar-refractivity contribution >= 4 is 11.6 Å². The Bertz CT molecular complexity index is 783. The van der Waals surface area contributed by atoms with Gasteiger partial charge in [-0.1, -0.05) is 44.2 Å². The van der Waals surface area contributed by atoms with Crippen LogP contribution in [-0.2, 0) is 11.3 Å². The van der Waals surface area contributed by atoms with Crippen LogP contribution in [0.1, 0.15) is 37.3 Å². The van der Waals surface area contributed by atoms with Crippen molar-refractivity contribution in [1.29, 1.82) is 0 Å². The van der Waals surface area contributed by atoms with E-state index < -0.39 is 0 Å². The van der Waals surface area contributed by atoms with E-state index in [-0.39, 0.29) is 5.91 Å². The van der Waals surface area contributed by atoms with Crippen LogP contribution in [-0.4, -0.2) is 55.5 Å². The smallest absolute Gasteiger partial charge is 0.238 e. The summed E-state index contributed by atoms with van der Waals surface area (Å²) in [6.45, 7) is 9.54. The molecule has 2 aromatic carbocycles. The zero-order valence-corrected chi connectivity index (χ0v) is 17.9. The number of nitrogens with one attached hydrogen (secondary N) is 1. The zero-order chi connectivity index (χ0) is 20.6. The summed E-state index contributed by atoms with van der Waals surface area (Å²) in [5.74, 6) is 1.40. The first kappa shape index (κ1) is 21.3. The largest absolute Gasteiger partial charge is 0.497 e. The van der Waals surface area contributed by atoms with Gasteiger partial charge in [0.05, 0.1) is 13.7 Å². The van der Waals surface area contributed by atoms with Gasteiger partial charge in [-0.3, -0.25) is 14.6 Å². The third kappa shape index (κ3) is 6.05. The number of para-hydroxylation sites is 1. The fourth-order valence-electron chi connectivity index (χ4n) is 3.75. The maximum absolute atomic E-state index is 12.6. The third-order valence-corrected chi connectivity index (χ3v) is 5.78. The number of anilines is 1. The molecule has 1 aliphatic rings. The van der Waals surface area contributed by atoms with Crippen molar-refractivity contribution in [3.05, 3.63) is 59.7 Å². The highest BCUT2D eigenvalue weighted by molar-refractivity contribution is 5.93. The van der Waals surface area contributed by atoms with Gasteiger partial charge in [-0.25, -0.2) is 0 Å².